The highest BCUT2D eigenvalue weighted by Gasteiger charge is 2.37. The van der Waals surface area contributed by atoms with Crippen LogP contribution in [0.2, 0.25) is 0 Å². The van der Waals surface area contributed by atoms with Crippen LogP contribution in [0.5, 0.6) is 0 Å². The van der Waals surface area contributed by atoms with E-state index in [0.29, 0.717) is 5.92 Å². The Morgan fingerprint density at radius 2 is 2.05 bits per heavy atom. The normalized spacial score (nSPS) is 28.7. The molecule has 0 amide bonds. The first-order valence-corrected chi connectivity index (χ1v) is 7.01. The summed E-state index contributed by atoms with van der Waals surface area (Å²) in [6.45, 7) is 2.20. The van der Waals surface area contributed by atoms with Gasteiger partial charge < -0.3 is 5.21 Å². The Hall–Kier alpha value is -1.83. The minimum atomic E-state index is 0.227. The van der Waals surface area contributed by atoms with Crippen LogP contribution in [0.1, 0.15) is 30.9 Å². The number of hydrogen-bond donors (Lipinski definition) is 1. The maximum Gasteiger partial charge on any atom is 0.0689 e. The van der Waals surface area contributed by atoms with Gasteiger partial charge in [0.25, 0.3) is 0 Å². The molecule has 0 spiro atoms. The highest BCUT2D eigenvalue weighted by Crippen LogP contribution is 2.43. The van der Waals surface area contributed by atoms with Crippen LogP contribution >= 0.6 is 0 Å². The molecule has 2 heteroatoms. The molecule has 1 aromatic carbocycles. The van der Waals surface area contributed by atoms with Crippen molar-refractivity contribution in [3.8, 4) is 0 Å². The van der Waals surface area contributed by atoms with Gasteiger partial charge in [-0.2, -0.15) is 0 Å². The largest absolute Gasteiger partial charge is 0.411 e. The van der Waals surface area contributed by atoms with Crippen molar-refractivity contribution in [2.24, 2.45) is 17.0 Å². The summed E-state index contributed by atoms with van der Waals surface area (Å²) in [5, 5.41) is 12.4. The van der Waals surface area contributed by atoms with Crippen LogP contribution in [-0.4, -0.2) is 10.9 Å². The molecule has 2 nitrogen and oxygen atoms in total. The Morgan fingerprint density at radius 1 is 1.26 bits per heavy atom. The van der Waals surface area contributed by atoms with E-state index >= 15 is 0 Å². The molecule has 0 aliphatic heterocycles. The predicted molar refractivity (Wildman–Crippen MR) is 78.4 cm³/mol. The standard InChI is InChI=1S/C17H19NO/c1-2-3-12-4-6-13(7-5-12)10-16-14-8-9-15(16)17(11-14)18-19/h4-10,14-15,19H,2-3,11H2,1H3. The molecule has 1 saturated carbocycles. The summed E-state index contributed by atoms with van der Waals surface area (Å²) in [5.41, 5.74) is 4.92. The smallest absolute Gasteiger partial charge is 0.0689 e. The van der Waals surface area contributed by atoms with Crippen LogP contribution < -0.4 is 0 Å². The van der Waals surface area contributed by atoms with Crippen molar-refractivity contribution in [3.05, 3.63) is 53.1 Å². The lowest BCUT2D eigenvalue weighted by atomic mass is 10.00. The zero-order valence-corrected chi connectivity index (χ0v) is 11.2. The van der Waals surface area contributed by atoms with E-state index < -0.39 is 0 Å². The van der Waals surface area contributed by atoms with Crippen molar-refractivity contribution in [1.82, 2.24) is 0 Å². The van der Waals surface area contributed by atoms with Crippen LogP contribution in [-0.2, 0) is 6.42 Å². The number of benzene rings is 1. The maximum atomic E-state index is 8.99. The van der Waals surface area contributed by atoms with Gasteiger partial charge >= 0.3 is 0 Å². The molecule has 98 valence electrons. The highest BCUT2D eigenvalue weighted by molar-refractivity contribution is 5.97. The molecule has 1 fully saturated rings. The molecule has 0 saturated heterocycles. The lowest BCUT2D eigenvalue weighted by Crippen LogP contribution is -2.05. The van der Waals surface area contributed by atoms with Gasteiger partial charge in [-0.3, -0.25) is 0 Å². The van der Waals surface area contributed by atoms with Gasteiger partial charge in [0.1, 0.15) is 0 Å². The van der Waals surface area contributed by atoms with E-state index in [2.05, 4.69) is 54.6 Å². The minimum absolute atomic E-state index is 0.227. The molecule has 2 aliphatic rings. The van der Waals surface area contributed by atoms with Crippen LogP contribution in [0.3, 0.4) is 0 Å². The fourth-order valence-corrected chi connectivity index (χ4v) is 3.10. The van der Waals surface area contributed by atoms with Gasteiger partial charge in [-0.1, -0.05) is 61.0 Å². The van der Waals surface area contributed by atoms with E-state index in [1.165, 1.54) is 23.1 Å². The van der Waals surface area contributed by atoms with E-state index in [1.54, 1.807) is 0 Å². The van der Waals surface area contributed by atoms with Crippen molar-refractivity contribution in [3.63, 3.8) is 0 Å². The van der Waals surface area contributed by atoms with Crippen molar-refractivity contribution in [2.45, 2.75) is 26.2 Å². The molecule has 1 N–H and O–H groups in total. The summed E-state index contributed by atoms with van der Waals surface area (Å²) in [7, 11) is 0. The van der Waals surface area contributed by atoms with E-state index in [0.717, 1.165) is 18.6 Å². The van der Waals surface area contributed by atoms with Crippen molar-refractivity contribution < 1.29 is 5.21 Å². The summed E-state index contributed by atoms with van der Waals surface area (Å²) in [5.74, 6) is 0.663. The van der Waals surface area contributed by atoms with Crippen LogP contribution in [0.15, 0.2) is 47.1 Å². The lowest BCUT2D eigenvalue weighted by molar-refractivity contribution is 0.316. The fourth-order valence-electron chi connectivity index (χ4n) is 3.10. The summed E-state index contributed by atoms with van der Waals surface area (Å²) in [4.78, 5) is 0. The van der Waals surface area contributed by atoms with Crippen molar-refractivity contribution in [2.75, 3.05) is 0 Å². The molecule has 0 radical (unpaired) electrons. The van der Waals surface area contributed by atoms with Gasteiger partial charge in [0.05, 0.1) is 5.71 Å². The average Bonchev–Trinajstić information content (AvgIpc) is 2.98. The number of aryl methyl sites for hydroxylation is 1. The molecular formula is C17H19NO. The molecule has 0 aromatic heterocycles. The molecule has 2 unspecified atom stereocenters. The van der Waals surface area contributed by atoms with E-state index in [-0.39, 0.29) is 5.92 Å². The monoisotopic (exact) mass is 253 g/mol. The van der Waals surface area contributed by atoms with Gasteiger partial charge in [0.15, 0.2) is 0 Å². The van der Waals surface area contributed by atoms with E-state index in [9.17, 15) is 0 Å². The summed E-state index contributed by atoms with van der Waals surface area (Å²) in [6.07, 6.45) is 9.84. The van der Waals surface area contributed by atoms with Crippen LogP contribution in [0.4, 0.5) is 0 Å². The van der Waals surface area contributed by atoms with E-state index in [1.807, 2.05) is 0 Å². The first kappa shape index (κ1) is 12.2. The highest BCUT2D eigenvalue weighted by atomic mass is 16.4. The SMILES string of the molecule is CCCc1ccc(C=C2C3C=CC2C(=NO)C3)cc1. The minimum Gasteiger partial charge on any atom is -0.411 e. The first-order valence-electron chi connectivity index (χ1n) is 7.01. The molecule has 0 heterocycles. The van der Waals surface area contributed by atoms with Crippen molar-refractivity contribution >= 4 is 11.8 Å². The van der Waals surface area contributed by atoms with Crippen LogP contribution in [0.25, 0.3) is 6.08 Å². The van der Waals surface area contributed by atoms with Gasteiger partial charge in [-0.25, -0.2) is 0 Å². The Balaban J connectivity index is 1.83. The van der Waals surface area contributed by atoms with Gasteiger partial charge in [-0.05, 0) is 23.1 Å². The first-order chi connectivity index (χ1) is 9.31. The van der Waals surface area contributed by atoms with Gasteiger partial charge in [0.2, 0.25) is 0 Å². The second-order valence-electron chi connectivity index (χ2n) is 5.40. The fraction of sp³-hybridized carbons (Fsp3) is 0.353. The van der Waals surface area contributed by atoms with Crippen LogP contribution in [0, 0.1) is 11.8 Å². The Morgan fingerprint density at radius 3 is 2.68 bits per heavy atom. The number of allylic oxidation sites excluding steroid dienone is 3. The number of hydrogen-bond acceptors (Lipinski definition) is 2. The van der Waals surface area contributed by atoms with Crippen molar-refractivity contribution in [1.29, 1.82) is 0 Å². The third-order valence-corrected chi connectivity index (χ3v) is 4.09. The van der Waals surface area contributed by atoms with Gasteiger partial charge in [0, 0.05) is 18.3 Å². The lowest BCUT2D eigenvalue weighted by Gasteiger charge is -2.05. The summed E-state index contributed by atoms with van der Waals surface area (Å²) < 4.78 is 0. The Labute approximate surface area is 114 Å². The second kappa shape index (κ2) is 5.04. The second-order valence-corrected chi connectivity index (χ2v) is 5.40. The van der Waals surface area contributed by atoms with Gasteiger partial charge in [-0.15, -0.1) is 0 Å². The molecule has 2 atom stereocenters. The molecule has 1 aromatic rings. The molecule has 2 aliphatic carbocycles. The molecule has 3 rings (SSSR count). The number of nitrogens with zero attached hydrogens (tertiary/aromatic N) is 1. The zero-order chi connectivity index (χ0) is 13.2. The summed E-state index contributed by atoms with van der Waals surface area (Å²) >= 11 is 0. The molecular weight excluding hydrogens is 234 g/mol. The quantitative estimate of drug-likeness (QED) is 0.492. The molecule has 19 heavy (non-hydrogen) atoms. The third-order valence-electron chi connectivity index (χ3n) is 4.09. The average molecular weight is 253 g/mol. The number of fused-ring (bicyclic) bond motifs is 2. The Kier molecular flexibility index (Phi) is 3.24. The predicted octanol–water partition coefficient (Wildman–Crippen LogP) is 4.06. The number of rotatable bonds is 3. The summed E-state index contributed by atoms with van der Waals surface area (Å²) in [6, 6.07) is 8.79. The molecule has 2 bridgehead atoms. The zero-order valence-electron chi connectivity index (χ0n) is 11.2. The third kappa shape index (κ3) is 2.23. The van der Waals surface area contributed by atoms with E-state index in [4.69, 9.17) is 5.21 Å². The topological polar surface area (TPSA) is 32.6 Å². The maximum absolute atomic E-state index is 8.99. The number of oxime groups is 1. The Bertz CT molecular complexity index is 551.